The normalized spacial score (nSPS) is 17.7. The van der Waals surface area contributed by atoms with E-state index in [4.69, 9.17) is 0 Å². The fraction of sp³-hybridized carbons (Fsp3) is 0.290. The summed E-state index contributed by atoms with van der Waals surface area (Å²) >= 11 is 5.25. The molecule has 1 saturated heterocycles. The Morgan fingerprint density at radius 3 is 2.24 bits per heavy atom. The Balaban J connectivity index is 1.68. The zero-order valence-corrected chi connectivity index (χ0v) is 24.8. The van der Waals surface area contributed by atoms with Crippen LogP contribution < -0.4 is 19.3 Å². The lowest BCUT2D eigenvalue weighted by Crippen LogP contribution is -2.36. The molecule has 196 valence electrons. The summed E-state index contributed by atoms with van der Waals surface area (Å²) < 4.78 is 6.06. The molecule has 0 bridgehead atoms. The summed E-state index contributed by atoms with van der Waals surface area (Å²) in [5.74, 6) is 1.10. The van der Waals surface area contributed by atoms with Crippen LogP contribution in [-0.2, 0) is 13.1 Å². The first-order valence-electron chi connectivity index (χ1n) is 13.3. The minimum atomic E-state index is 0.0888. The number of rotatable bonds is 7. The average molecular weight is 561 g/mol. The van der Waals surface area contributed by atoms with Gasteiger partial charge in [-0.15, -0.1) is 23.1 Å². The fourth-order valence-corrected chi connectivity index (χ4v) is 8.59. The Bertz CT molecular complexity index is 1610. The van der Waals surface area contributed by atoms with Gasteiger partial charge in [0.15, 0.2) is 0 Å². The number of thioether (sulfide) groups is 1. The van der Waals surface area contributed by atoms with Crippen molar-refractivity contribution in [3.05, 3.63) is 96.3 Å². The van der Waals surface area contributed by atoms with Crippen LogP contribution in [0.25, 0.3) is 33.9 Å². The van der Waals surface area contributed by atoms with Crippen molar-refractivity contribution in [2.75, 3.05) is 12.3 Å². The van der Waals surface area contributed by atoms with E-state index in [0.717, 1.165) is 33.0 Å². The molecule has 0 amide bonds. The molecule has 4 nitrogen and oxygen atoms in total. The number of allylic oxidation sites excluding steroid dienone is 1. The van der Waals surface area contributed by atoms with Gasteiger partial charge in [0, 0.05) is 30.4 Å². The van der Waals surface area contributed by atoms with Crippen LogP contribution in [0.2, 0.25) is 0 Å². The van der Waals surface area contributed by atoms with Crippen molar-refractivity contribution in [2.45, 2.75) is 46.8 Å². The SMILES string of the molecule is CCN1C(=C/C=c2/sc(=Cc3sc(-c4ccccc4)c(-c4ccccc4)[n+]3CC)n(CC)c2=O)SCC1C. The summed E-state index contributed by atoms with van der Waals surface area (Å²) in [7, 11) is 0. The van der Waals surface area contributed by atoms with E-state index in [1.54, 1.807) is 22.7 Å². The Morgan fingerprint density at radius 2 is 1.61 bits per heavy atom. The van der Waals surface area contributed by atoms with Gasteiger partial charge < -0.3 is 4.90 Å². The highest BCUT2D eigenvalue weighted by Crippen LogP contribution is 2.36. The summed E-state index contributed by atoms with van der Waals surface area (Å²) in [6.45, 7) is 11.2. The third-order valence-electron chi connectivity index (χ3n) is 6.86. The molecule has 38 heavy (non-hydrogen) atoms. The third kappa shape index (κ3) is 5.20. The zero-order chi connectivity index (χ0) is 26.6. The van der Waals surface area contributed by atoms with E-state index >= 15 is 0 Å². The highest BCUT2D eigenvalue weighted by atomic mass is 32.2. The summed E-state index contributed by atoms with van der Waals surface area (Å²) in [6.07, 6.45) is 6.36. The van der Waals surface area contributed by atoms with E-state index in [-0.39, 0.29) is 5.56 Å². The second-order valence-corrected chi connectivity index (χ2v) is 12.3. The maximum atomic E-state index is 13.4. The van der Waals surface area contributed by atoms with Crippen LogP contribution in [0, 0.1) is 0 Å². The van der Waals surface area contributed by atoms with Crippen LogP contribution in [0.4, 0.5) is 0 Å². The predicted molar refractivity (Wildman–Crippen MR) is 165 cm³/mol. The second kappa shape index (κ2) is 11.9. The number of thiazole rings is 2. The molecular weight excluding hydrogens is 527 g/mol. The maximum absolute atomic E-state index is 13.4. The van der Waals surface area contributed by atoms with Gasteiger partial charge in [0.25, 0.3) is 10.6 Å². The minimum absolute atomic E-state index is 0.0888. The van der Waals surface area contributed by atoms with E-state index in [0.29, 0.717) is 12.6 Å². The first kappa shape index (κ1) is 26.7. The minimum Gasteiger partial charge on any atom is -0.363 e. The Kier molecular flexibility index (Phi) is 8.36. The van der Waals surface area contributed by atoms with Crippen molar-refractivity contribution in [1.29, 1.82) is 0 Å². The molecule has 0 spiro atoms. The van der Waals surface area contributed by atoms with Gasteiger partial charge in [-0.25, -0.2) is 0 Å². The van der Waals surface area contributed by atoms with Gasteiger partial charge >= 0.3 is 0 Å². The average Bonchev–Trinajstić information content (AvgIpc) is 3.60. The van der Waals surface area contributed by atoms with Crippen LogP contribution in [0.1, 0.15) is 32.7 Å². The van der Waals surface area contributed by atoms with Crippen molar-refractivity contribution >= 4 is 46.6 Å². The van der Waals surface area contributed by atoms with Crippen molar-refractivity contribution in [3.8, 4) is 21.7 Å². The van der Waals surface area contributed by atoms with E-state index in [1.165, 1.54) is 26.7 Å². The number of hydrogen-bond donors (Lipinski definition) is 0. The van der Waals surface area contributed by atoms with Crippen molar-refractivity contribution in [2.24, 2.45) is 0 Å². The standard InChI is InChI=1S/C31H34N3OS3/c1-5-32-22(4)21-36-26(32)19-18-25-31(35)34(7-3)28(37-25)20-27-33(6-2)29(23-14-10-8-11-15-23)30(38-27)24-16-12-9-13-17-24/h8-20,22H,5-7,21H2,1-4H3/q+1/b25-18+,26-19?. The van der Waals surface area contributed by atoms with Crippen molar-refractivity contribution < 1.29 is 4.57 Å². The number of nitrogens with zero attached hydrogens (tertiary/aromatic N) is 3. The van der Waals surface area contributed by atoms with Crippen LogP contribution in [0.5, 0.6) is 0 Å². The molecule has 0 aliphatic carbocycles. The Morgan fingerprint density at radius 1 is 0.921 bits per heavy atom. The van der Waals surface area contributed by atoms with Crippen LogP contribution in [0.15, 0.2) is 76.6 Å². The van der Waals surface area contributed by atoms with Gasteiger partial charge in [-0.1, -0.05) is 59.9 Å². The first-order valence-corrected chi connectivity index (χ1v) is 15.9. The molecule has 2 aromatic carbocycles. The summed E-state index contributed by atoms with van der Waals surface area (Å²) in [5, 5.41) is 2.40. The number of hydrogen-bond acceptors (Lipinski definition) is 5. The predicted octanol–water partition coefficient (Wildman–Crippen LogP) is 5.54. The maximum Gasteiger partial charge on any atom is 0.269 e. The summed E-state index contributed by atoms with van der Waals surface area (Å²) in [6, 6.07) is 21.7. The molecule has 0 N–H and O–H groups in total. The van der Waals surface area contributed by atoms with Crippen LogP contribution >= 0.6 is 34.4 Å². The topological polar surface area (TPSA) is 29.1 Å². The molecule has 0 saturated carbocycles. The first-order chi connectivity index (χ1) is 18.5. The highest BCUT2D eigenvalue weighted by Gasteiger charge is 2.27. The molecular formula is C31H34N3OS3+. The van der Waals surface area contributed by atoms with Gasteiger partial charge in [0.1, 0.15) is 16.1 Å². The Labute approximate surface area is 236 Å². The van der Waals surface area contributed by atoms with Gasteiger partial charge in [0.2, 0.25) is 5.69 Å². The molecule has 7 heteroatoms. The van der Waals surface area contributed by atoms with E-state index in [9.17, 15) is 4.79 Å². The van der Waals surface area contributed by atoms with Gasteiger partial charge in [-0.2, -0.15) is 4.57 Å². The lowest BCUT2D eigenvalue weighted by molar-refractivity contribution is -0.679. The molecule has 0 radical (unpaired) electrons. The molecule has 2 aromatic heterocycles. The largest absolute Gasteiger partial charge is 0.363 e. The Hall–Kier alpha value is -2.87. The molecule has 1 atom stereocenters. The summed E-state index contributed by atoms with van der Waals surface area (Å²) in [4.78, 5) is 17.0. The zero-order valence-electron chi connectivity index (χ0n) is 22.4. The van der Waals surface area contributed by atoms with Gasteiger partial charge in [-0.05, 0) is 57.5 Å². The molecule has 4 aromatic rings. The van der Waals surface area contributed by atoms with Crippen molar-refractivity contribution in [1.82, 2.24) is 9.47 Å². The number of benzene rings is 2. The lowest BCUT2D eigenvalue weighted by Gasteiger charge is -2.21. The molecule has 3 heterocycles. The molecule has 5 rings (SSSR count). The summed E-state index contributed by atoms with van der Waals surface area (Å²) in [5.41, 5.74) is 3.72. The smallest absolute Gasteiger partial charge is 0.269 e. The quantitative estimate of drug-likeness (QED) is 0.278. The third-order valence-corrected chi connectivity index (χ3v) is 10.4. The van der Waals surface area contributed by atoms with Gasteiger partial charge in [-0.3, -0.25) is 9.36 Å². The number of aromatic nitrogens is 2. The van der Waals surface area contributed by atoms with E-state index in [1.807, 2.05) is 29.3 Å². The second-order valence-electron chi connectivity index (χ2n) is 9.21. The van der Waals surface area contributed by atoms with E-state index < -0.39 is 0 Å². The molecule has 1 fully saturated rings. The molecule has 1 aliphatic rings. The van der Waals surface area contributed by atoms with Crippen LogP contribution in [0.3, 0.4) is 0 Å². The van der Waals surface area contributed by atoms with E-state index in [2.05, 4.69) is 103 Å². The monoisotopic (exact) mass is 560 g/mol. The fourth-order valence-electron chi connectivity index (χ4n) is 4.95. The molecule has 1 unspecified atom stereocenters. The van der Waals surface area contributed by atoms with Gasteiger partial charge in [0.05, 0.1) is 15.6 Å². The lowest BCUT2D eigenvalue weighted by atomic mass is 10.1. The van der Waals surface area contributed by atoms with Crippen LogP contribution in [-0.4, -0.2) is 27.8 Å². The van der Waals surface area contributed by atoms with Crippen molar-refractivity contribution in [3.63, 3.8) is 0 Å². The highest BCUT2D eigenvalue weighted by molar-refractivity contribution is 8.03. The molecule has 1 aliphatic heterocycles.